The molecular weight excluding hydrogens is 368 g/mol. The molecule has 0 bridgehead atoms. The molecule has 150 valence electrons. The van der Waals surface area contributed by atoms with E-state index in [1.165, 1.54) is 11.6 Å². The summed E-state index contributed by atoms with van der Waals surface area (Å²) in [5, 5.41) is 12.1. The molecule has 0 fully saturated rings. The standard InChI is InChI=1S/C23H24N2O4/c1-2-28-22(26)17-29-21-13-7-6-12-19(21)15-20(16-24)23(27)25-14-8-11-18-9-4-3-5-10-18/h3-7,9-10,12-13,15H,2,8,11,14,17H2,1H3,(H,25,27)/b20-15-. The molecule has 2 aromatic carbocycles. The lowest BCUT2D eigenvalue weighted by Gasteiger charge is -2.09. The zero-order valence-electron chi connectivity index (χ0n) is 16.4. The molecule has 0 aliphatic carbocycles. The summed E-state index contributed by atoms with van der Waals surface area (Å²) in [6.07, 6.45) is 3.07. The number of esters is 1. The van der Waals surface area contributed by atoms with Crippen molar-refractivity contribution in [2.24, 2.45) is 0 Å². The molecule has 0 saturated heterocycles. The molecule has 2 aromatic rings. The number of hydrogen-bond acceptors (Lipinski definition) is 5. The van der Waals surface area contributed by atoms with E-state index in [2.05, 4.69) is 5.32 Å². The van der Waals surface area contributed by atoms with Gasteiger partial charge in [-0.15, -0.1) is 0 Å². The number of rotatable bonds is 10. The van der Waals surface area contributed by atoms with Gasteiger partial charge in [0.05, 0.1) is 6.61 Å². The zero-order valence-corrected chi connectivity index (χ0v) is 16.4. The van der Waals surface area contributed by atoms with Crippen LogP contribution in [0.3, 0.4) is 0 Å². The van der Waals surface area contributed by atoms with Gasteiger partial charge in [-0.05, 0) is 37.5 Å². The molecule has 1 N–H and O–H groups in total. The van der Waals surface area contributed by atoms with E-state index in [4.69, 9.17) is 9.47 Å². The number of amides is 1. The fourth-order valence-electron chi connectivity index (χ4n) is 2.61. The summed E-state index contributed by atoms with van der Waals surface area (Å²) in [5.74, 6) is -0.533. The molecule has 0 heterocycles. The number of benzene rings is 2. The van der Waals surface area contributed by atoms with E-state index in [0.29, 0.717) is 17.9 Å². The van der Waals surface area contributed by atoms with Crippen molar-refractivity contribution in [2.75, 3.05) is 19.8 Å². The van der Waals surface area contributed by atoms with E-state index in [9.17, 15) is 14.9 Å². The second-order valence-electron chi connectivity index (χ2n) is 6.15. The maximum absolute atomic E-state index is 12.3. The summed E-state index contributed by atoms with van der Waals surface area (Å²) < 4.78 is 10.3. The molecule has 6 heteroatoms. The third-order valence-electron chi connectivity index (χ3n) is 4.01. The average molecular weight is 392 g/mol. The van der Waals surface area contributed by atoms with Crippen molar-refractivity contribution in [3.8, 4) is 11.8 Å². The Balaban J connectivity index is 1.95. The van der Waals surface area contributed by atoms with E-state index in [1.54, 1.807) is 31.2 Å². The molecule has 0 spiro atoms. The van der Waals surface area contributed by atoms with E-state index >= 15 is 0 Å². The molecule has 1 amide bonds. The number of ether oxygens (including phenoxy) is 2. The van der Waals surface area contributed by atoms with Gasteiger partial charge >= 0.3 is 5.97 Å². The minimum absolute atomic E-state index is 0.0307. The normalized spacial score (nSPS) is 10.7. The first-order chi connectivity index (χ1) is 14.1. The molecule has 29 heavy (non-hydrogen) atoms. The van der Waals surface area contributed by atoms with Crippen LogP contribution in [0.15, 0.2) is 60.2 Å². The molecule has 2 rings (SSSR count). The summed E-state index contributed by atoms with van der Waals surface area (Å²) in [4.78, 5) is 23.8. The molecular formula is C23H24N2O4. The first-order valence-corrected chi connectivity index (χ1v) is 9.45. The Morgan fingerprint density at radius 3 is 2.55 bits per heavy atom. The van der Waals surface area contributed by atoms with Crippen molar-refractivity contribution in [3.63, 3.8) is 0 Å². The highest BCUT2D eigenvalue weighted by Crippen LogP contribution is 2.21. The Morgan fingerprint density at radius 1 is 1.10 bits per heavy atom. The van der Waals surface area contributed by atoms with Crippen molar-refractivity contribution in [1.82, 2.24) is 5.32 Å². The van der Waals surface area contributed by atoms with E-state index in [0.717, 1.165) is 12.8 Å². The molecule has 0 radical (unpaired) electrons. The molecule has 0 aromatic heterocycles. The van der Waals surface area contributed by atoms with E-state index in [1.807, 2.05) is 36.4 Å². The summed E-state index contributed by atoms with van der Waals surface area (Å²) in [7, 11) is 0. The maximum Gasteiger partial charge on any atom is 0.344 e. The largest absolute Gasteiger partial charge is 0.481 e. The van der Waals surface area contributed by atoms with Crippen LogP contribution < -0.4 is 10.1 Å². The van der Waals surface area contributed by atoms with E-state index in [-0.39, 0.29) is 18.8 Å². The van der Waals surface area contributed by atoms with Crippen LogP contribution in [0.1, 0.15) is 24.5 Å². The average Bonchev–Trinajstić information content (AvgIpc) is 2.75. The molecule has 0 unspecified atom stereocenters. The van der Waals surface area contributed by atoms with Gasteiger partial charge in [-0.1, -0.05) is 48.5 Å². The second kappa shape index (κ2) is 12.0. The van der Waals surface area contributed by atoms with Gasteiger partial charge in [0, 0.05) is 12.1 Å². The SMILES string of the molecule is CCOC(=O)COc1ccccc1/C=C(/C#N)C(=O)NCCCc1ccccc1. The van der Waals surface area contributed by atoms with Crippen LogP contribution >= 0.6 is 0 Å². The highest BCUT2D eigenvalue weighted by Gasteiger charge is 2.11. The van der Waals surface area contributed by atoms with Crippen LogP contribution in [0.4, 0.5) is 0 Å². The van der Waals surface area contributed by atoms with Gasteiger partial charge < -0.3 is 14.8 Å². The molecule has 0 aliphatic rings. The smallest absolute Gasteiger partial charge is 0.344 e. The monoisotopic (exact) mass is 392 g/mol. The quantitative estimate of drug-likeness (QED) is 0.290. The Hall–Kier alpha value is -3.59. The van der Waals surface area contributed by atoms with Crippen LogP contribution in [0.25, 0.3) is 6.08 Å². The predicted molar refractivity (Wildman–Crippen MR) is 110 cm³/mol. The number of aryl methyl sites for hydroxylation is 1. The summed E-state index contributed by atoms with van der Waals surface area (Å²) >= 11 is 0. The Morgan fingerprint density at radius 2 is 1.83 bits per heavy atom. The molecule has 6 nitrogen and oxygen atoms in total. The maximum atomic E-state index is 12.3. The zero-order chi connectivity index (χ0) is 20.9. The van der Waals surface area contributed by atoms with Gasteiger partial charge in [0.25, 0.3) is 5.91 Å². The first kappa shape index (κ1) is 21.7. The summed E-state index contributed by atoms with van der Waals surface area (Å²) in [6.45, 7) is 2.21. The van der Waals surface area contributed by atoms with Gasteiger partial charge in [-0.3, -0.25) is 4.79 Å². The molecule has 0 aliphatic heterocycles. The number of nitriles is 1. The minimum atomic E-state index is -0.483. The number of hydrogen-bond donors (Lipinski definition) is 1. The van der Waals surface area contributed by atoms with Crippen molar-refractivity contribution in [2.45, 2.75) is 19.8 Å². The van der Waals surface area contributed by atoms with Crippen molar-refractivity contribution >= 4 is 18.0 Å². The van der Waals surface area contributed by atoms with Crippen LogP contribution in [-0.4, -0.2) is 31.6 Å². The lowest BCUT2D eigenvalue weighted by atomic mass is 10.1. The molecule has 0 atom stereocenters. The van der Waals surface area contributed by atoms with Crippen LogP contribution in [-0.2, 0) is 20.7 Å². The van der Waals surface area contributed by atoms with Crippen LogP contribution in [0, 0.1) is 11.3 Å². The van der Waals surface area contributed by atoms with Gasteiger partial charge in [0.1, 0.15) is 17.4 Å². The number of para-hydroxylation sites is 1. The molecule has 0 saturated carbocycles. The topological polar surface area (TPSA) is 88.4 Å². The van der Waals surface area contributed by atoms with Gasteiger partial charge in [-0.25, -0.2) is 4.79 Å². The first-order valence-electron chi connectivity index (χ1n) is 9.45. The van der Waals surface area contributed by atoms with Gasteiger partial charge in [-0.2, -0.15) is 5.26 Å². The Bertz CT molecular complexity index is 885. The summed E-state index contributed by atoms with van der Waals surface area (Å²) in [5.41, 5.74) is 1.70. The van der Waals surface area contributed by atoms with Crippen LogP contribution in [0.5, 0.6) is 5.75 Å². The number of nitrogens with one attached hydrogen (secondary N) is 1. The Kier molecular flexibility index (Phi) is 8.97. The predicted octanol–water partition coefficient (Wildman–Crippen LogP) is 3.28. The number of carbonyl (C=O) groups excluding carboxylic acids is 2. The number of carbonyl (C=O) groups is 2. The van der Waals surface area contributed by atoms with Crippen molar-refractivity contribution in [1.29, 1.82) is 5.26 Å². The third-order valence-corrected chi connectivity index (χ3v) is 4.01. The fraction of sp³-hybridized carbons (Fsp3) is 0.261. The fourth-order valence-corrected chi connectivity index (χ4v) is 2.61. The second-order valence-corrected chi connectivity index (χ2v) is 6.15. The van der Waals surface area contributed by atoms with Gasteiger partial charge in [0.2, 0.25) is 0 Å². The van der Waals surface area contributed by atoms with Gasteiger partial charge in [0.15, 0.2) is 6.61 Å². The highest BCUT2D eigenvalue weighted by atomic mass is 16.6. The lowest BCUT2D eigenvalue weighted by Crippen LogP contribution is -2.25. The minimum Gasteiger partial charge on any atom is -0.481 e. The third kappa shape index (κ3) is 7.51. The Labute approximate surface area is 170 Å². The number of nitrogens with zero attached hydrogens (tertiary/aromatic N) is 1. The van der Waals surface area contributed by atoms with Crippen LogP contribution in [0.2, 0.25) is 0 Å². The highest BCUT2D eigenvalue weighted by molar-refractivity contribution is 6.01. The summed E-state index contributed by atoms with van der Waals surface area (Å²) in [6, 6.07) is 18.8. The lowest BCUT2D eigenvalue weighted by molar-refractivity contribution is -0.145. The van der Waals surface area contributed by atoms with Crippen molar-refractivity contribution < 1.29 is 19.1 Å². The van der Waals surface area contributed by atoms with Crippen molar-refractivity contribution in [3.05, 3.63) is 71.3 Å². The van der Waals surface area contributed by atoms with E-state index < -0.39 is 11.9 Å².